The Kier molecular flexibility index (Phi) is 5.36. The second-order valence-electron chi connectivity index (χ2n) is 4.99. The summed E-state index contributed by atoms with van der Waals surface area (Å²) in [7, 11) is 3.36. The summed E-state index contributed by atoms with van der Waals surface area (Å²) in [5.74, 6) is 1.30. The molecule has 0 N–H and O–H groups in total. The second kappa shape index (κ2) is 7.45. The molecule has 1 aromatic heterocycles. The fourth-order valence-corrected chi connectivity index (χ4v) is 2.06. The van der Waals surface area contributed by atoms with E-state index in [1.54, 1.807) is 62.6 Å². The van der Waals surface area contributed by atoms with Gasteiger partial charge in [0, 0.05) is 26.0 Å². The average Bonchev–Trinajstić information content (AvgIpc) is 2.55. The van der Waals surface area contributed by atoms with Crippen molar-refractivity contribution in [3.8, 4) is 11.5 Å². The number of carbonyl (C=O) groups is 1. The van der Waals surface area contributed by atoms with Crippen molar-refractivity contribution in [1.82, 2.24) is 9.88 Å². The smallest absolute Gasteiger partial charge is 0.263 e. The Morgan fingerprint density at radius 2 is 1.91 bits per heavy atom. The number of amides is 1. The van der Waals surface area contributed by atoms with E-state index in [4.69, 9.17) is 9.47 Å². The third kappa shape index (κ3) is 4.22. The van der Waals surface area contributed by atoms with Crippen molar-refractivity contribution in [2.24, 2.45) is 0 Å². The highest BCUT2D eigenvalue weighted by molar-refractivity contribution is 5.80. The number of rotatable bonds is 6. The highest BCUT2D eigenvalue weighted by Gasteiger charge is 2.19. The summed E-state index contributed by atoms with van der Waals surface area (Å²) in [4.78, 5) is 18.0. The van der Waals surface area contributed by atoms with Crippen molar-refractivity contribution in [2.75, 3.05) is 14.2 Å². The van der Waals surface area contributed by atoms with Crippen LogP contribution in [0.25, 0.3) is 0 Å². The fourth-order valence-electron chi connectivity index (χ4n) is 2.06. The van der Waals surface area contributed by atoms with E-state index in [9.17, 15) is 4.79 Å². The number of nitrogens with zero attached hydrogens (tertiary/aromatic N) is 2. The second-order valence-corrected chi connectivity index (χ2v) is 4.99. The maximum atomic E-state index is 12.3. The van der Waals surface area contributed by atoms with Crippen LogP contribution in [0, 0.1) is 0 Å². The maximum absolute atomic E-state index is 12.3. The summed E-state index contributed by atoms with van der Waals surface area (Å²) < 4.78 is 10.8. The number of aromatic nitrogens is 1. The van der Waals surface area contributed by atoms with Gasteiger partial charge in [0.15, 0.2) is 6.10 Å². The van der Waals surface area contributed by atoms with Gasteiger partial charge in [0.1, 0.15) is 11.5 Å². The monoisotopic (exact) mass is 300 g/mol. The van der Waals surface area contributed by atoms with Crippen molar-refractivity contribution in [2.45, 2.75) is 19.6 Å². The van der Waals surface area contributed by atoms with E-state index in [0.29, 0.717) is 12.3 Å². The lowest BCUT2D eigenvalue weighted by atomic mass is 10.2. The summed E-state index contributed by atoms with van der Waals surface area (Å²) in [6, 6.07) is 10.9. The summed E-state index contributed by atoms with van der Waals surface area (Å²) in [6.07, 6.45) is 2.90. The molecule has 0 saturated carbocycles. The standard InChI is InChI=1S/C17H20N2O3/c1-13(22-16-8-6-15(21-3)7-9-16)17(20)19(2)12-14-5-4-10-18-11-14/h4-11,13H,12H2,1-3H3. The number of ether oxygens (including phenoxy) is 2. The predicted octanol–water partition coefficient (Wildman–Crippen LogP) is 2.52. The lowest BCUT2D eigenvalue weighted by molar-refractivity contribution is -0.137. The first-order valence-corrected chi connectivity index (χ1v) is 7.04. The zero-order valence-corrected chi connectivity index (χ0v) is 13.0. The molecule has 0 spiro atoms. The van der Waals surface area contributed by atoms with Gasteiger partial charge in [-0.25, -0.2) is 0 Å². The molecule has 0 aliphatic heterocycles. The molecule has 2 rings (SSSR count). The van der Waals surface area contributed by atoms with E-state index in [0.717, 1.165) is 11.3 Å². The number of likely N-dealkylation sites (N-methyl/N-ethyl adjacent to an activating group) is 1. The van der Waals surface area contributed by atoms with Gasteiger partial charge in [-0.2, -0.15) is 0 Å². The zero-order chi connectivity index (χ0) is 15.9. The van der Waals surface area contributed by atoms with Gasteiger partial charge in [-0.05, 0) is 42.8 Å². The first kappa shape index (κ1) is 15.8. The molecule has 0 radical (unpaired) electrons. The predicted molar refractivity (Wildman–Crippen MR) is 83.8 cm³/mol. The Morgan fingerprint density at radius 1 is 1.23 bits per heavy atom. The molecular weight excluding hydrogens is 280 g/mol. The van der Waals surface area contributed by atoms with Crippen LogP contribution < -0.4 is 9.47 Å². The van der Waals surface area contributed by atoms with Crippen LogP contribution in [0.1, 0.15) is 12.5 Å². The molecule has 5 heteroatoms. The van der Waals surface area contributed by atoms with Crippen LogP contribution in [0.5, 0.6) is 11.5 Å². The number of carbonyl (C=O) groups excluding carboxylic acids is 1. The quantitative estimate of drug-likeness (QED) is 0.822. The average molecular weight is 300 g/mol. The molecule has 1 aromatic carbocycles. The summed E-state index contributed by atoms with van der Waals surface area (Å²) >= 11 is 0. The fraction of sp³-hybridized carbons (Fsp3) is 0.294. The van der Waals surface area contributed by atoms with Gasteiger partial charge in [0.05, 0.1) is 7.11 Å². The molecule has 5 nitrogen and oxygen atoms in total. The minimum absolute atomic E-state index is 0.0836. The first-order chi connectivity index (χ1) is 10.6. The van der Waals surface area contributed by atoms with Crippen molar-refractivity contribution in [1.29, 1.82) is 0 Å². The van der Waals surface area contributed by atoms with Gasteiger partial charge in [-0.15, -0.1) is 0 Å². The molecular formula is C17H20N2O3. The van der Waals surface area contributed by atoms with E-state index >= 15 is 0 Å². The molecule has 1 heterocycles. The van der Waals surface area contributed by atoms with Crippen LogP contribution in [-0.4, -0.2) is 36.1 Å². The van der Waals surface area contributed by atoms with Gasteiger partial charge in [-0.3, -0.25) is 9.78 Å². The summed E-state index contributed by atoms with van der Waals surface area (Å²) in [5, 5.41) is 0. The molecule has 0 aliphatic carbocycles. The maximum Gasteiger partial charge on any atom is 0.263 e. The summed E-state index contributed by atoms with van der Waals surface area (Å²) in [6.45, 7) is 2.25. The summed E-state index contributed by atoms with van der Waals surface area (Å²) in [5.41, 5.74) is 0.981. The van der Waals surface area contributed by atoms with E-state index in [-0.39, 0.29) is 5.91 Å². The van der Waals surface area contributed by atoms with Crippen molar-refractivity contribution in [3.05, 3.63) is 54.4 Å². The minimum atomic E-state index is -0.560. The van der Waals surface area contributed by atoms with Gasteiger partial charge in [0.2, 0.25) is 0 Å². The molecule has 0 bridgehead atoms. The topological polar surface area (TPSA) is 51.7 Å². The molecule has 2 aromatic rings. The molecule has 1 unspecified atom stereocenters. The van der Waals surface area contributed by atoms with Crippen LogP contribution in [0.15, 0.2) is 48.8 Å². The van der Waals surface area contributed by atoms with Crippen LogP contribution in [-0.2, 0) is 11.3 Å². The van der Waals surface area contributed by atoms with Gasteiger partial charge >= 0.3 is 0 Å². The minimum Gasteiger partial charge on any atom is -0.497 e. The van der Waals surface area contributed by atoms with Gasteiger partial charge in [-0.1, -0.05) is 6.07 Å². The molecule has 116 valence electrons. The Balaban J connectivity index is 1.93. The Bertz CT molecular complexity index is 599. The number of hydrogen-bond donors (Lipinski definition) is 0. The number of hydrogen-bond acceptors (Lipinski definition) is 4. The molecule has 0 saturated heterocycles. The van der Waals surface area contributed by atoms with Crippen molar-refractivity contribution < 1.29 is 14.3 Å². The lowest BCUT2D eigenvalue weighted by Crippen LogP contribution is -2.37. The van der Waals surface area contributed by atoms with Gasteiger partial charge < -0.3 is 14.4 Å². The molecule has 0 aliphatic rings. The Hall–Kier alpha value is -2.56. The number of benzene rings is 1. The van der Waals surface area contributed by atoms with E-state index in [1.165, 1.54) is 0 Å². The first-order valence-electron chi connectivity index (χ1n) is 7.04. The number of methoxy groups -OCH3 is 1. The third-order valence-corrected chi connectivity index (χ3v) is 3.24. The van der Waals surface area contributed by atoms with Gasteiger partial charge in [0.25, 0.3) is 5.91 Å². The van der Waals surface area contributed by atoms with E-state index in [2.05, 4.69) is 4.98 Å². The van der Waals surface area contributed by atoms with Crippen molar-refractivity contribution in [3.63, 3.8) is 0 Å². The van der Waals surface area contributed by atoms with Crippen LogP contribution >= 0.6 is 0 Å². The molecule has 1 amide bonds. The Labute approximate surface area is 130 Å². The van der Waals surface area contributed by atoms with E-state index in [1.807, 2.05) is 12.1 Å². The lowest BCUT2D eigenvalue weighted by Gasteiger charge is -2.22. The molecule has 0 fully saturated rings. The number of pyridine rings is 1. The van der Waals surface area contributed by atoms with Crippen LogP contribution in [0.2, 0.25) is 0 Å². The Morgan fingerprint density at radius 3 is 2.50 bits per heavy atom. The molecule has 1 atom stereocenters. The highest BCUT2D eigenvalue weighted by atomic mass is 16.5. The largest absolute Gasteiger partial charge is 0.497 e. The van der Waals surface area contributed by atoms with Crippen molar-refractivity contribution >= 4 is 5.91 Å². The third-order valence-electron chi connectivity index (χ3n) is 3.24. The normalized spacial score (nSPS) is 11.6. The van der Waals surface area contributed by atoms with E-state index < -0.39 is 6.10 Å². The zero-order valence-electron chi connectivity index (χ0n) is 13.0. The highest BCUT2D eigenvalue weighted by Crippen LogP contribution is 2.18. The van der Waals surface area contributed by atoms with Crippen LogP contribution in [0.4, 0.5) is 0 Å². The van der Waals surface area contributed by atoms with Crippen LogP contribution in [0.3, 0.4) is 0 Å². The molecule has 22 heavy (non-hydrogen) atoms. The SMILES string of the molecule is COc1ccc(OC(C)C(=O)N(C)Cc2cccnc2)cc1.